The maximum atomic E-state index is 12.6. The van der Waals surface area contributed by atoms with Crippen LogP contribution in [0, 0.1) is 0 Å². The molecular formula is C18H20ClNO3S. The fourth-order valence-corrected chi connectivity index (χ4v) is 3.37. The SMILES string of the molecule is CCN(Cc1ccc(Cl)s1)C(=O)C(C)Oc1cccc(C(C)=O)c1. The standard InChI is InChI=1S/C18H20ClNO3S/c1-4-20(11-16-8-9-17(19)24-16)18(22)13(3)23-15-7-5-6-14(10-15)12(2)21/h5-10,13H,4,11H2,1-3H3. The first-order chi connectivity index (χ1) is 11.4. The van der Waals surface area contributed by atoms with Crippen molar-refractivity contribution in [2.75, 3.05) is 6.54 Å². The molecule has 0 aliphatic carbocycles. The Bertz CT molecular complexity index is 729. The van der Waals surface area contributed by atoms with E-state index in [-0.39, 0.29) is 11.7 Å². The Labute approximate surface area is 151 Å². The van der Waals surface area contributed by atoms with Gasteiger partial charge in [0.25, 0.3) is 5.91 Å². The number of nitrogens with zero attached hydrogens (tertiary/aromatic N) is 1. The fourth-order valence-electron chi connectivity index (χ4n) is 2.27. The van der Waals surface area contributed by atoms with Crippen molar-refractivity contribution in [1.29, 1.82) is 0 Å². The van der Waals surface area contributed by atoms with Gasteiger partial charge in [-0.1, -0.05) is 23.7 Å². The van der Waals surface area contributed by atoms with Gasteiger partial charge >= 0.3 is 0 Å². The molecule has 0 aliphatic heterocycles. The Balaban J connectivity index is 2.04. The molecule has 1 aromatic carbocycles. The third-order valence-electron chi connectivity index (χ3n) is 3.57. The van der Waals surface area contributed by atoms with Crippen molar-refractivity contribution in [3.05, 3.63) is 51.2 Å². The molecule has 128 valence electrons. The van der Waals surface area contributed by atoms with Crippen molar-refractivity contribution in [2.24, 2.45) is 0 Å². The number of hydrogen-bond acceptors (Lipinski definition) is 4. The van der Waals surface area contributed by atoms with Crippen molar-refractivity contribution < 1.29 is 14.3 Å². The van der Waals surface area contributed by atoms with E-state index in [1.165, 1.54) is 18.3 Å². The van der Waals surface area contributed by atoms with Crippen LogP contribution in [0.2, 0.25) is 4.34 Å². The molecule has 1 unspecified atom stereocenters. The quantitative estimate of drug-likeness (QED) is 0.682. The largest absolute Gasteiger partial charge is 0.481 e. The van der Waals surface area contributed by atoms with Crippen molar-refractivity contribution >= 4 is 34.6 Å². The van der Waals surface area contributed by atoms with Gasteiger partial charge in [-0.15, -0.1) is 11.3 Å². The predicted octanol–water partition coefficient (Wildman–Crippen LogP) is 4.42. The molecule has 0 N–H and O–H groups in total. The minimum atomic E-state index is -0.636. The zero-order valence-electron chi connectivity index (χ0n) is 13.9. The molecule has 6 heteroatoms. The number of ether oxygens (including phenoxy) is 1. The van der Waals surface area contributed by atoms with Crippen LogP contribution in [0.25, 0.3) is 0 Å². The van der Waals surface area contributed by atoms with E-state index in [4.69, 9.17) is 16.3 Å². The van der Waals surface area contributed by atoms with Gasteiger partial charge in [0, 0.05) is 17.0 Å². The van der Waals surface area contributed by atoms with E-state index >= 15 is 0 Å². The summed E-state index contributed by atoms with van der Waals surface area (Å²) in [6.07, 6.45) is -0.636. The molecule has 2 rings (SSSR count). The molecule has 0 bridgehead atoms. The van der Waals surface area contributed by atoms with Gasteiger partial charge in [0.2, 0.25) is 0 Å². The number of carbonyl (C=O) groups is 2. The number of rotatable bonds is 7. The molecule has 2 aromatic rings. The van der Waals surface area contributed by atoms with E-state index in [0.29, 0.717) is 28.7 Å². The van der Waals surface area contributed by atoms with Crippen LogP contribution in [-0.2, 0) is 11.3 Å². The zero-order valence-corrected chi connectivity index (χ0v) is 15.5. The molecule has 0 fully saturated rings. The van der Waals surface area contributed by atoms with Gasteiger partial charge in [-0.25, -0.2) is 0 Å². The first kappa shape index (κ1) is 18.5. The van der Waals surface area contributed by atoms with Gasteiger partial charge in [0.15, 0.2) is 11.9 Å². The fraction of sp³-hybridized carbons (Fsp3) is 0.333. The highest BCUT2D eigenvalue weighted by molar-refractivity contribution is 7.16. The third kappa shape index (κ3) is 4.82. The second-order valence-corrected chi connectivity index (χ2v) is 7.20. The second-order valence-electron chi connectivity index (χ2n) is 5.40. The molecule has 0 saturated heterocycles. The predicted molar refractivity (Wildman–Crippen MR) is 97.0 cm³/mol. The van der Waals surface area contributed by atoms with E-state index in [9.17, 15) is 9.59 Å². The highest BCUT2D eigenvalue weighted by Gasteiger charge is 2.22. The average Bonchev–Trinajstić information content (AvgIpc) is 2.97. The van der Waals surface area contributed by atoms with Crippen molar-refractivity contribution in [3.8, 4) is 5.75 Å². The number of hydrogen-bond donors (Lipinski definition) is 0. The topological polar surface area (TPSA) is 46.6 Å². The summed E-state index contributed by atoms with van der Waals surface area (Å²) in [7, 11) is 0. The molecule has 1 atom stereocenters. The number of thiophene rings is 1. The molecule has 1 heterocycles. The van der Waals surface area contributed by atoms with E-state index in [0.717, 1.165) is 4.88 Å². The third-order valence-corrected chi connectivity index (χ3v) is 4.79. The molecule has 1 amide bonds. The lowest BCUT2D eigenvalue weighted by Gasteiger charge is -2.24. The number of likely N-dealkylation sites (N-methyl/N-ethyl adjacent to an activating group) is 1. The van der Waals surface area contributed by atoms with Crippen LogP contribution in [0.4, 0.5) is 0 Å². The lowest BCUT2D eigenvalue weighted by Crippen LogP contribution is -2.39. The lowest BCUT2D eigenvalue weighted by molar-refractivity contribution is -0.138. The van der Waals surface area contributed by atoms with E-state index in [2.05, 4.69) is 0 Å². The summed E-state index contributed by atoms with van der Waals surface area (Å²) in [5.74, 6) is 0.373. The Morgan fingerprint density at radius 2 is 2.04 bits per heavy atom. The number of halogens is 1. The van der Waals surface area contributed by atoms with E-state index in [1.807, 2.05) is 19.1 Å². The van der Waals surface area contributed by atoms with Crippen LogP contribution in [0.1, 0.15) is 36.0 Å². The van der Waals surface area contributed by atoms with Crippen LogP contribution in [0.5, 0.6) is 5.75 Å². The van der Waals surface area contributed by atoms with Crippen molar-refractivity contribution in [2.45, 2.75) is 33.4 Å². The summed E-state index contributed by atoms with van der Waals surface area (Å²) >= 11 is 7.40. The van der Waals surface area contributed by atoms with Crippen molar-refractivity contribution in [1.82, 2.24) is 4.90 Å². The monoisotopic (exact) mass is 365 g/mol. The minimum Gasteiger partial charge on any atom is -0.481 e. The Kier molecular flexibility index (Phi) is 6.40. The lowest BCUT2D eigenvalue weighted by atomic mass is 10.1. The summed E-state index contributed by atoms with van der Waals surface area (Å²) in [6.45, 7) is 6.23. The first-order valence-corrected chi connectivity index (χ1v) is 8.90. The molecule has 1 aromatic heterocycles. The normalized spacial score (nSPS) is 11.8. The minimum absolute atomic E-state index is 0.0378. The second kappa shape index (κ2) is 8.31. The average molecular weight is 366 g/mol. The number of Topliss-reactive ketones (excluding diaryl/α,β-unsaturated/α-hetero) is 1. The highest BCUT2D eigenvalue weighted by atomic mass is 35.5. The molecule has 0 spiro atoms. The van der Waals surface area contributed by atoms with Crippen LogP contribution < -0.4 is 4.74 Å². The highest BCUT2D eigenvalue weighted by Crippen LogP contribution is 2.23. The van der Waals surface area contributed by atoms with Gasteiger partial charge in [0.1, 0.15) is 5.75 Å². The molecule has 4 nitrogen and oxygen atoms in total. The van der Waals surface area contributed by atoms with E-state index < -0.39 is 6.10 Å². The smallest absolute Gasteiger partial charge is 0.263 e. The summed E-state index contributed by atoms with van der Waals surface area (Å²) in [5.41, 5.74) is 0.563. The van der Waals surface area contributed by atoms with Gasteiger partial charge in [0.05, 0.1) is 10.9 Å². The number of benzene rings is 1. The van der Waals surface area contributed by atoms with Crippen molar-refractivity contribution in [3.63, 3.8) is 0 Å². The summed E-state index contributed by atoms with van der Waals surface area (Å²) in [5, 5.41) is 0. The van der Waals surface area contributed by atoms with Crippen LogP contribution in [0.3, 0.4) is 0 Å². The summed E-state index contributed by atoms with van der Waals surface area (Å²) in [4.78, 5) is 26.8. The van der Waals surface area contributed by atoms with Crippen LogP contribution in [0.15, 0.2) is 36.4 Å². The van der Waals surface area contributed by atoms with Crippen LogP contribution >= 0.6 is 22.9 Å². The Morgan fingerprint density at radius 1 is 1.29 bits per heavy atom. The molecular weight excluding hydrogens is 346 g/mol. The number of ketones is 1. The Hall–Kier alpha value is -1.85. The maximum absolute atomic E-state index is 12.6. The van der Waals surface area contributed by atoms with Gasteiger partial charge in [-0.05, 0) is 45.0 Å². The summed E-state index contributed by atoms with van der Waals surface area (Å²) in [6, 6.07) is 10.6. The van der Waals surface area contributed by atoms with Gasteiger partial charge in [-0.2, -0.15) is 0 Å². The number of amides is 1. The van der Waals surface area contributed by atoms with Crippen LogP contribution in [-0.4, -0.2) is 29.2 Å². The maximum Gasteiger partial charge on any atom is 0.263 e. The number of carbonyl (C=O) groups excluding carboxylic acids is 2. The molecule has 0 aliphatic rings. The van der Waals surface area contributed by atoms with Gasteiger partial charge in [-0.3, -0.25) is 9.59 Å². The first-order valence-electron chi connectivity index (χ1n) is 7.71. The zero-order chi connectivity index (χ0) is 17.7. The molecule has 24 heavy (non-hydrogen) atoms. The Morgan fingerprint density at radius 3 is 2.62 bits per heavy atom. The summed E-state index contributed by atoms with van der Waals surface area (Å²) < 4.78 is 6.43. The molecule has 0 saturated carbocycles. The van der Waals surface area contributed by atoms with Gasteiger partial charge < -0.3 is 9.64 Å². The van der Waals surface area contributed by atoms with E-state index in [1.54, 1.807) is 36.1 Å². The molecule has 0 radical (unpaired) electrons.